The molecule has 1 aromatic heterocycles. The van der Waals surface area contributed by atoms with E-state index in [9.17, 15) is 4.79 Å². The van der Waals surface area contributed by atoms with Gasteiger partial charge in [0.15, 0.2) is 0 Å². The molecule has 1 N–H and O–H groups in total. The topological polar surface area (TPSA) is 75.9 Å². The van der Waals surface area contributed by atoms with Crippen LogP contribution in [0.1, 0.15) is 36.9 Å². The number of hydrogen-bond acceptors (Lipinski definition) is 5. The Bertz CT molecular complexity index is 983. The lowest BCUT2D eigenvalue weighted by Crippen LogP contribution is -2.40. The van der Waals surface area contributed by atoms with Gasteiger partial charge in [-0.1, -0.05) is 79.1 Å². The molecule has 7 heteroatoms. The molecule has 0 radical (unpaired) electrons. The van der Waals surface area contributed by atoms with Gasteiger partial charge < -0.3 is 5.32 Å². The first-order chi connectivity index (χ1) is 14.3. The van der Waals surface area contributed by atoms with E-state index < -0.39 is 0 Å². The molecule has 0 saturated heterocycles. The highest BCUT2D eigenvalue weighted by Gasteiger charge is 2.31. The van der Waals surface area contributed by atoms with Crippen LogP contribution in [0, 0.1) is 0 Å². The van der Waals surface area contributed by atoms with Gasteiger partial charge in [0, 0.05) is 6.54 Å². The number of tetrazole rings is 1. The predicted molar refractivity (Wildman–Crippen MR) is 112 cm³/mol. The van der Waals surface area contributed by atoms with Crippen molar-refractivity contribution in [3.05, 3.63) is 77.9 Å². The van der Waals surface area contributed by atoms with Crippen molar-refractivity contribution in [3.63, 3.8) is 0 Å². The summed E-state index contributed by atoms with van der Waals surface area (Å²) in [4.78, 5) is 14.5. The number of carbonyl (C=O) groups is 1. The van der Waals surface area contributed by atoms with Crippen LogP contribution < -0.4 is 10.2 Å². The van der Waals surface area contributed by atoms with Crippen molar-refractivity contribution < 1.29 is 4.79 Å². The first-order valence-corrected chi connectivity index (χ1v) is 9.92. The number of unbranched alkanes of at least 4 members (excludes halogenated alkanes) is 1. The van der Waals surface area contributed by atoms with Crippen molar-refractivity contribution in [1.82, 2.24) is 25.5 Å². The fourth-order valence-electron chi connectivity index (χ4n) is 3.47. The third-order valence-corrected chi connectivity index (χ3v) is 4.95. The Morgan fingerprint density at radius 2 is 1.79 bits per heavy atom. The number of carbonyl (C=O) groups excluding carboxylic acids is 1. The number of nitrogens with zero attached hydrogens (tertiary/aromatic N) is 5. The molecule has 1 unspecified atom stereocenters. The van der Waals surface area contributed by atoms with Crippen molar-refractivity contribution in [2.45, 2.75) is 25.8 Å². The van der Waals surface area contributed by atoms with Gasteiger partial charge in [-0.3, -0.25) is 9.69 Å². The summed E-state index contributed by atoms with van der Waals surface area (Å²) < 4.78 is 1.76. The molecular weight excluding hydrogens is 364 g/mol. The lowest BCUT2D eigenvalue weighted by Gasteiger charge is -2.32. The molecule has 2 heterocycles. The zero-order valence-electron chi connectivity index (χ0n) is 16.4. The highest BCUT2D eigenvalue weighted by Crippen LogP contribution is 2.35. The van der Waals surface area contributed by atoms with Gasteiger partial charge in [0.25, 0.3) is 5.95 Å². The van der Waals surface area contributed by atoms with Crippen LogP contribution in [-0.2, 0) is 4.79 Å². The second kappa shape index (κ2) is 8.68. The van der Waals surface area contributed by atoms with E-state index in [1.807, 2.05) is 53.4 Å². The highest BCUT2D eigenvalue weighted by molar-refractivity contribution is 5.89. The molecule has 1 aliphatic heterocycles. The molecule has 1 aliphatic rings. The Balaban J connectivity index is 1.72. The smallest absolute Gasteiger partial charge is 0.251 e. The van der Waals surface area contributed by atoms with Crippen LogP contribution in [0.4, 0.5) is 5.95 Å². The molecule has 1 atom stereocenters. The SMILES string of the molecule is CCCCNC(=O)CN1C(c2ccccc2)=CC(c2ccccc2)n2nnnc21. The Hall–Kier alpha value is -3.48. The summed E-state index contributed by atoms with van der Waals surface area (Å²) in [6.07, 6.45) is 4.12. The average Bonchev–Trinajstić information content (AvgIpc) is 3.25. The van der Waals surface area contributed by atoms with E-state index in [0.29, 0.717) is 12.5 Å². The zero-order chi connectivity index (χ0) is 20.1. The van der Waals surface area contributed by atoms with E-state index in [2.05, 4.69) is 46.0 Å². The summed E-state index contributed by atoms with van der Waals surface area (Å²) in [6.45, 7) is 2.93. The lowest BCUT2D eigenvalue weighted by molar-refractivity contribution is -0.119. The molecule has 4 rings (SSSR count). The van der Waals surface area contributed by atoms with Crippen LogP contribution in [-0.4, -0.2) is 39.2 Å². The number of rotatable bonds is 7. The molecule has 0 aliphatic carbocycles. The van der Waals surface area contributed by atoms with Crippen LogP contribution in [0.15, 0.2) is 66.7 Å². The van der Waals surface area contributed by atoms with Gasteiger partial charge in [-0.25, -0.2) is 0 Å². The van der Waals surface area contributed by atoms with Gasteiger partial charge in [0.1, 0.15) is 12.6 Å². The molecular formula is C22H24N6O. The Labute approximate surface area is 170 Å². The van der Waals surface area contributed by atoms with Crippen LogP contribution in [0.25, 0.3) is 5.70 Å². The van der Waals surface area contributed by atoms with E-state index in [0.717, 1.165) is 29.7 Å². The summed E-state index contributed by atoms with van der Waals surface area (Å²) >= 11 is 0. The molecule has 0 bridgehead atoms. The van der Waals surface area contributed by atoms with Crippen LogP contribution >= 0.6 is 0 Å². The number of hydrogen-bond donors (Lipinski definition) is 1. The standard InChI is InChI=1S/C22H24N6O/c1-2-3-14-23-21(29)16-27-19(17-10-6-4-7-11-17)15-20(18-12-8-5-9-13-18)28-22(27)24-25-26-28/h4-13,15,20H,2-3,14,16H2,1H3,(H,23,29). The lowest BCUT2D eigenvalue weighted by atomic mass is 10.0. The molecule has 3 aromatic rings. The second-order valence-corrected chi connectivity index (χ2v) is 6.99. The largest absolute Gasteiger partial charge is 0.355 e. The maximum absolute atomic E-state index is 12.6. The van der Waals surface area contributed by atoms with Gasteiger partial charge in [-0.15, -0.1) is 0 Å². The average molecular weight is 388 g/mol. The maximum Gasteiger partial charge on any atom is 0.251 e. The van der Waals surface area contributed by atoms with E-state index in [4.69, 9.17) is 0 Å². The Morgan fingerprint density at radius 3 is 2.52 bits per heavy atom. The number of fused-ring (bicyclic) bond motifs is 1. The molecule has 1 amide bonds. The number of aromatic nitrogens is 4. The van der Waals surface area contributed by atoms with Crippen molar-refractivity contribution in [1.29, 1.82) is 0 Å². The summed E-state index contributed by atoms with van der Waals surface area (Å²) in [7, 11) is 0. The fraction of sp³-hybridized carbons (Fsp3) is 0.273. The van der Waals surface area contributed by atoms with E-state index in [1.54, 1.807) is 4.68 Å². The monoisotopic (exact) mass is 388 g/mol. The molecule has 7 nitrogen and oxygen atoms in total. The minimum atomic E-state index is -0.143. The van der Waals surface area contributed by atoms with Gasteiger partial charge in [-0.2, -0.15) is 4.68 Å². The molecule has 29 heavy (non-hydrogen) atoms. The molecule has 0 spiro atoms. The first kappa shape index (κ1) is 18.9. The third-order valence-electron chi connectivity index (χ3n) is 4.95. The van der Waals surface area contributed by atoms with Crippen molar-refractivity contribution >= 4 is 17.6 Å². The molecule has 0 fully saturated rings. The van der Waals surface area contributed by atoms with Gasteiger partial charge in [0.05, 0.1) is 5.70 Å². The van der Waals surface area contributed by atoms with E-state index in [1.165, 1.54) is 0 Å². The molecule has 148 valence electrons. The summed E-state index contributed by atoms with van der Waals surface area (Å²) in [5.41, 5.74) is 3.03. The highest BCUT2D eigenvalue weighted by atomic mass is 16.2. The zero-order valence-corrected chi connectivity index (χ0v) is 16.4. The van der Waals surface area contributed by atoms with Gasteiger partial charge in [-0.05, 0) is 34.1 Å². The maximum atomic E-state index is 12.6. The molecule has 0 saturated carbocycles. The quantitative estimate of drug-likeness (QED) is 0.630. The Kier molecular flexibility index (Phi) is 5.65. The summed E-state index contributed by atoms with van der Waals surface area (Å²) in [6, 6.07) is 20.0. The number of amides is 1. The third kappa shape index (κ3) is 4.03. The summed E-state index contributed by atoms with van der Waals surface area (Å²) in [5.74, 6) is 0.513. The van der Waals surface area contributed by atoms with Crippen molar-refractivity contribution in [3.8, 4) is 0 Å². The normalized spacial score (nSPS) is 15.6. The van der Waals surface area contributed by atoms with Crippen molar-refractivity contribution in [2.24, 2.45) is 0 Å². The van der Waals surface area contributed by atoms with E-state index in [-0.39, 0.29) is 18.5 Å². The van der Waals surface area contributed by atoms with Crippen LogP contribution in [0.5, 0.6) is 0 Å². The predicted octanol–water partition coefficient (Wildman–Crippen LogP) is 3.04. The van der Waals surface area contributed by atoms with Crippen molar-refractivity contribution in [2.75, 3.05) is 18.0 Å². The van der Waals surface area contributed by atoms with Crippen LogP contribution in [0.3, 0.4) is 0 Å². The van der Waals surface area contributed by atoms with Gasteiger partial charge >= 0.3 is 0 Å². The Morgan fingerprint density at radius 1 is 1.07 bits per heavy atom. The minimum absolute atomic E-state index is 0.0482. The van der Waals surface area contributed by atoms with Gasteiger partial charge in [0.2, 0.25) is 5.91 Å². The minimum Gasteiger partial charge on any atom is -0.355 e. The number of nitrogens with one attached hydrogen (secondary N) is 1. The second-order valence-electron chi connectivity index (χ2n) is 6.99. The number of anilines is 1. The van der Waals surface area contributed by atoms with Crippen LogP contribution in [0.2, 0.25) is 0 Å². The summed E-state index contributed by atoms with van der Waals surface area (Å²) in [5, 5.41) is 15.3. The number of benzene rings is 2. The first-order valence-electron chi connectivity index (χ1n) is 9.92. The molecule has 2 aromatic carbocycles. The van der Waals surface area contributed by atoms with E-state index >= 15 is 0 Å². The fourth-order valence-corrected chi connectivity index (χ4v) is 3.47. The number of allylic oxidation sites excluding steroid dienone is 1.